The molecule has 0 atom stereocenters. The van der Waals surface area contributed by atoms with Crippen molar-refractivity contribution in [2.45, 2.75) is 5.41 Å². The molecule has 0 spiro atoms. The van der Waals surface area contributed by atoms with E-state index in [9.17, 15) is 0 Å². The highest BCUT2D eigenvalue weighted by Gasteiger charge is 2.46. The van der Waals surface area contributed by atoms with E-state index in [1.807, 2.05) is 48.5 Å². The standard InChI is InChI=1S/C47H30N2O2/c1-3-16-31(17-4-1)40-30-41(36-23-15-22-34-33-20-8-12-27-42(33)51-45(34)36)49-46(48-40)35-21-7-9-24-37(35)47(32-18-5-2-6-19-32)38-25-10-13-28-43(38)50-44-29-14-11-26-39(44)47/h1-30H. The second-order valence-electron chi connectivity index (χ2n) is 12.9. The van der Waals surface area contributed by atoms with Gasteiger partial charge in [0.2, 0.25) is 0 Å². The molecule has 9 aromatic rings. The summed E-state index contributed by atoms with van der Waals surface area (Å²) in [4.78, 5) is 10.8. The van der Waals surface area contributed by atoms with Crippen molar-refractivity contribution in [1.82, 2.24) is 9.97 Å². The number of furan rings is 1. The summed E-state index contributed by atoms with van der Waals surface area (Å²) in [6, 6.07) is 62.9. The smallest absolute Gasteiger partial charge is 0.160 e. The highest BCUT2D eigenvalue weighted by atomic mass is 16.5. The first-order chi connectivity index (χ1) is 25.3. The Kier molecular flexibility index (Phi) is 6.68. The molecule has 4 heteroatoms. The molecule has 0 radical (unpaired) electrons. The fraction of sp³-hybridized carbons (Fsp3) is 0.0213. The van der Waals surface area contributed by atoms with Crippen LogP contribution in [-0.2, 0) is 5.41 Å². The van der Waals surface area contributed by atoms with Gasteiger partial charge < -0.3 is 9.15 Å². The van der Waals surface area contributed by atoms with Gasteiger partial charge in [0.25, 0.3) is 0 Å². The number of benzene rings is 7. The molecule has 0 bridgehead atoms. The van der Waals surface area contributed by atoms with E-state index in [0.717, 1.165) is 83.8 Å². The van der Waals surface area contributed by atoms with E-state index in [4.69, 9.17) is 19.1 Å². The van der Waals surface area contributed by atoms with Gasteiger partial charge in [-0.3, -0.25) is 0 Å². The molecule has 0 saturated carbocycles. The van der Waals surface area contributed by atoms with Crippen LogP contribution in [0.4, 0.5) is 0 Å². The summed E-state index contributed by atoms with van der Waals surface area (Å²) in [7, 11) is 0. The molecule has 10 rings (SSSR count). The van der Waals surface area contributed by atoms with Crippen LogP contribution < -0.4 is 4.74 Å². The first kappa shape index (κ1) is 29.2. The highest BCUT2D eigenvalue weighted by molar-refractivity contribution is 6.09. The molecule has 240 valence electrons. The molecule has 1 aliphatic rings. The molecule has 0 saturated heterocycles. The maximum absolute atomic E-state index is 6.60. The van der Waals surface area contributed by atoms with Crippen LogP contribution in [0.2, 0.25) is 0 Å². The van der Waals surface area contributed by atoms with Crippen molar-refractivity contribution >= 4 is 21.9 Å². The summed E-state index contributed by atoms with van der Waals surface area (Å²) >= 11 is 0. The number of ether oxygens (including phenoxy) is 1. The molecule has 4 nitrogen and oxygen atoms in total. The van der Waals surface area contributed by atoms with Gasteiger partial charge in [-0.1, -0.05) is 152 Å². The Bertz CT molecular complexity index is 2690. The van der Waals surface area contributed by atoms with E-state index in [-0.39, 0.29) is 0 Å². The second kappa shape index (κ2) is 11.7. The van der Waals surface area contributed by atoms with E-state index in [1.54, 1.807) is 0 Å². The monoisotopic (exact) mass is 654 g/mol. The Morgan fingerprint density at radius 2 is 1.00 bits per heavy atom. The number of fused-ring (bicyclic) bond motifs is 5. The number of hydrogen-bond acceptors (Lipinski definition) is 4. The summed E-state index contributed by atoms with van der Waals surface area (Å²) in [6.07, 6.45) is 0. The summed E-state index contributed by atoms with van der Waals surface area (Å²) in [6.45, 7) is 0. The van der Waals surface area contributed by atoms with E-state index in [2.05, 4.69) is 133 Å². The lowest BCUT2D eigenvalue weighted by Crippen LogP contribution is -2.34. The molecule has 3 heterocycles. The Morgan fingerprint density at radius 3 is 1.76 bits per heavy atom. The Morgan fingerprint density at radius 1 is 0.431 bits per heavy atom. The lowest BCUT2D eigenvalue weighted by atomic mass is 9.62. The number of rotatable bonds is 5. The van der Waals surface area contributed by atoms with Crippen LogP contribution in [0.5, 0.6) is 11.5 Å². The van der Waals surface area contributed by atoms with Crippen molar-refractivity contribution in [2.75, 3.05) is 0 Å². The van der Waals surface area contributed by atoms with Crippen LogP contribution in [0, 0.1) is 0 Å². The summed E-state index contributed by atoms with van der Waals surface area (Å²) in [5.74, 6) is 2.28. The predicted octanol–water partition coefficient (Wildman–Crippen LogP) is 11.9. The van der Waals surface area contributed by atoms with E-state index in [0.29, 0.717) is 5.82 Å². The maximum Gasteiger partial charge on any atom is 0.160 e. The minimum atomic E-state index is -0.728. The summed E-state index contributed by atoms with van der Waals surface area (Å²) in [5.41, 5.74) is 9.75. The summed E-state index contributed by atoms with van der Waals surface area (Å²) in [5, 5.41) is 2.14. The molecule has 0 N–H and O–H groups in total. The molecular formula is C47H30N2O2. The first-order valence-electron chi connectivity index (χ1n) is 17.2. The molecule has 0 fully saturated rings. The van der Waals surface area contributed by atoms with Crippen molar-refractivity contribution in [3.8, 4) is 45.4 Å². The quantitative estimate of drug-likeness (QED) is 0.185. The Labute approximate surface area is 295 Å². The molecule has 7 aromatic carbocycles. The fourth-order valence-corrected chi connectivity index (χ4v) is 7.86. The van der Waals surface area contributed by atoms with Gasteiger partial charge in [-0.25, -0.2) is 9.97 Å². The van der Waals surface area contributed by atoms with Crippen LogP contribution in [0.1, 0.15) is 22.3 Å². The van der Waals surface area contributed by atoms with Gasteiger partial charge in [-0.15, -0.1) is 0 Å². The van der Waals surface area contributed by atoms with Gasteiger partial charge in [-0.05, 0) is 41.5 Å². The zero-order chi connectivity index (χ0) is 33.8. The largest absolute Gasteiger partial charge is 0.457 e. The van der Waals surface area contributed by atoms with E-state index >= 15 is 0 Å². The van der Waals surface area contributed by atoms with Gasteiger partial charge in [0.15, 0.2) is 5.82 Å². The fourth-order valence-electron chi connectivity index (χ4n) is 7.86. The average Bonchev–Trinajstić information content (AvgIpc) is 3.59. The van der Waals surface area contributed by atoms with Crippen LogP contribution in [0.15, 0.2) is 186 Å². The van der Waals surface area contributed by atoms with Crippen molar-refractivity contribution in [3.63, 3.8) is 0 Å². The third kappa shape index (κ3) is 4.54. The number of hydrogen-bond donors (Lipinski definition) is 0. The molecular weight excluding hydrogens is 625 g/mol. The lowest BCUT2D eigenvalue weighted by molar-refractivity contribution is 0.434. The van der Waals surface area contributed by atoms with Crippen molar-refractivity contribution in [2.24, 2.45) is 0 Å². The van der Waals surface area contributed by atoms with Gasteiger partial charge in [0, 0.05) is 38.6 Å². The molecule has 51 heavy (non-hydrogen) atoms. The van der Waals surface area contributed by atoms with Gasteiger partial charge >= 0.3 is 0 Å². The van der Waals surface area contributed by atoms with Crippen molar-refractivity contribution in [3.05, 3.63) is 204 Å². The second-order valence-corrected chi connectivity index (χ2v) is 12.9. The normalized spacial score (nSPS) is 13.0. The van der Waals surface area contributed by atoms with Gasteiger partial charge in [-0.2, -0.15) is 0 Å². The van der Waals surface area contributed by atoms with Crippen LogP contribution in [-0.4, -0.2) is 9.97 Å². The first-order valence-corrected chi connectivity index (χ1v) is 17.2. The minimum absolute atomic E-state index is 0.631. The molecule has 0 unspecified atom stereocenters. The third-order valence-corrected chi connectivity index (χ3v) is 10.1. The average molecular weight is 655 g/mol. The lowest BCUT2D eigenvalue weighted by Gasteiger charge is -2.42. The zero-order valence-electron chi connectivity index (χ0n) is 27.5. The number of aromatic nitrogens is 2. The van der Waals surface area contributed by atoms with Crippen LogP contribution >= 0.6 is 0 Å². The van der Waals surface area contributed by atoms with Crippen molar-refractivity contribution in [1.29, 1.82) is 0 Å². The van der Waals surface area contributed by atoms with Gasteiger partial charge in [0.05, 0.1) is 16.8 Å². The molecule has 0 amide bonds. The number of nitrogens with zero attached hydrogens (tertiary/aromatic N) is 2. The highest BCUT2D eigenvalue weighted by Crippen LogP contribution is 2.56. The van der Waals surface area contributed by atoms with E-state index in [1.165, 1.54) is 0 Å². The Hall–Kier alpha value is -6.78. The molecule has 2 aromatic heterocycles. The predicted molar refractivity (Wildman–Crippen MR) is 204 cm³/mol. The van der Waals surface area contributed by atoms with Crippen molar-refractivity contribution < 1.29 is 9.15 Å². The van der Waals surface area contributed by atoms with Crippen LogP contribution in [0.3, 0.4) is 0 Å². The number of para-hydroxylation sites is 4. The summed E-state index contributed by atoms with van der Waals surface area (Å²) < 4.78 is 13.1. The molecule has 0 aliphatic carbocycles. The Balaban J connectivity index is 1.29. The molecule has 1 aliphatic heterocycles. The topological polar surface area (TPSA) is 48.2 Å². The van der Waals surface area contributed by atoms with Gasteiger partial charge in [0.1, 0.15) is 22.7 Å². The van der Waals surface area contributed by atoms with Crippen LogP contribution in [0.25, 0.3) is 55.8 Å². The maximum atomic E-state index is 6.60. The SMILES string of the molecule is c1ccc(-c2cc(-c3cccc4c3oc3ccccc34)nc(-c3ccccc3C3(c4ccccc4)c4ccccc4Oc4ccccc43)n2)cc1. The third-order valence-electron chi connectivity index (χ3n) is 10.1. The zero-order valence-corrected chi connectivity index (χ0v) is 27.5. The minimum Gasteiger partial charge on any atom is -0.457 e. The van der Waals surface area contributed by atoms with E-state index < -0.39 is 5.41 Å².